The molecule has 0 amide bonds. The number of hydrogen-bond donors (Lipinski definition) is 1. The van der Waals surface area contributed by atoms with Crippen LogP contribution in [0.4, 0.5) is 0 Å². The first kappa shape index (κ1) is 13.8. The van der Waals surface area contributed by atoms with Crippen LogP contribution in [0.2, 0.25) is 0 Å². The smallest absolute Gasteiger partial charge is 0.231 e. The van der Waals surface area contributed by atoms with Crippen LogP contribution in [0.5, 0.6) is 17.2 Å². The summed E-state index contributed by atoms with van der Waals surface area (Å²) in [6.07, 6.45) is -0.279. The molecule has 1 aliphatic rings. The van der Waals surface area contributed by atoms with Gasteiger partial charge in [-0.05, 0) is 24.1 Å². The van der Waals surface area contributed by atoms with Crippen LogP contribution in [0.15, 0.2) is 48.5 Å². The Morgan fingerprint density at radius 3 is 2.62 bits per heavy atom. The Labute approximate surface area is 123 Å². The molecule has 0 bridgehead atoms. The summed E-state index contributed by atoms with van der Waals surface area (Å²) in [4.78, 5) is 0. The van der Waals surface area contributed by atoms with Crippen molar-refractivity contribution in [2.24, 2.45) is 0 Å². The molecule has 2 atom stereocenters. The van der Waals surface area contributed by atoms with Crippen molar-refractivity contribution in [1.82, 2.24) is 0 Å². The van der Waals surface area contributed by atoms with Gasteiger partial charge in [0.2, 0.25) is 6.79 Å². The third-order valence-corrected chi connectivity index (χ3v) is 3.53. The van der Waals surface area contributed by atoms with Crippen LogP contribution in [-0.2, 0) is 0 Å². The maximum atomic E-state index is 10.5. The minimum atomic E-state index is -0.665. The van der Waals surface area contributed by atoms with Gasteiger partial charge in [0.15, 0.2) is 11.5 Å². The van der Waals surface area contributed by atoms with E-state index in [0.717, 1.165) is 11.3 Å². The molecule has 0 fully saturated rings. The second-order valence-corrected chi connectivity index (χ2v) is 4.94. The Morgan fingerprint density at radius 1 is 1.10 bits per heavy atom. The number of hydrogen-bond acceptors (Lipinski definition) is 4. The Kier molecular flexibility index (Phi) is 3.97. The van der Waals surface area contributed by atoms with Crippen molar-refractivity contribution >= 4 is 0 Å². The second kappa shape index (κ2) is 6.06. The van der Waals surface area contributed by atoms with E-state index >= 15 is 0 Å². The minimum absolute atomic E-state index is 0.239. The van der Waals surface area contributed by atoms with Gasteiger partial charge in [-0.1, -0.05) is 37.3 Å². The maximum Gasteiger partial charge on any atom is 0.231 e. The van der Waals surface area contributed by atoms with E-state index in [1.54, 1.807) is 6.07 Å². The third-order valence-electron chi connectivity index (χ3n) is 3.53. The van der Waals surface area contributed by atoms with Crippen molar-refractivity contribution in [3.05, 3.63) is 54.1 Å². The van der Waals surface area contributed by atoms with Crippen LogP contribution in [0.3, 0.4) is 0 Å². The minimum Gasteiger partial charge on any atom is -0.487 e. The van der Waals surface area contributed by atoms with Crippen LogP contribution in [0.1, 0.15) is 25.0 Å². The second-order valence-electron chi connectivity index (χ2n) is 4.94. The Hall–Kier alpha value is -2.20. The van der Waals surface area contributed by atoms with Gasteiger partial charge in [0.05, 0.1) is 0 Å². The van der Waals surface area contributed by atoms with E-state index in [-0.39, 0.29) is 12.9 Å². The lowest BCUT2D eigenvalue weighted by atomic mass is 10.0. The average Bonchev–Trinajstić information content (AvgIpc) is 3.00. The third kappa shape index (κ3) is 2.95. The SMILES string of the molecule is CCC(Oc1ccc2c(c1)OCO2)C(O)c1ccccc1. The van der Waals surface area contributed by atoms with Gasteiger partial charge in [-0.15, -0.1) is 0 Å². The molecule has 2 unspecified atom stereocenters. The van der Waals surface area contributed by atoms with Crippen LogP contribution in [-0.4, -0.2) is 18.0 Å². The van der Waals surface area contributed by atoms with Crippen molar-refractivity contribution in [1.29, 1.82) is 0 Å². The molecule has 0 aliphatic carbocycles. The van der Waals surface area contributed by atoms with Gasteiger partial charge in [0, 0.05) is 6.07 Å². The monoisotopic (exact) mass is 286 g/mol. The van der Waals surface area contributed by atoms with E-state index in [1.165, 1.54) is 0 Å². The molecule has 21 heavy (non-hydrogen) atoms. The van der Waals surface area contributed by atoms with Gasteiger partial charge in [0.1, 0.15) is 18.0 Å². The zero-order valence-corrected chi connectivity index (χ0v) is 11.9. The molecule has 0 spiro atoms. The van der Waals surface area contributed by atoms with Crippen molar-refractivity contribution < 1.29 is 19.3 Å². The van der Waals surface area contributed by atoms with Crippen molar-refractivity contribution in [3.8, 4) is 17.2 Å². The lowest BCUT2D eigenvalue weighted by Gasteiger charge is -2.23. The van der Waals surface area contributed by atoms with Crippen molar-refractivity contribution in [3.63, 3.8) is 0 Å². The first-order valence-corrected chi connectivity index (χ1v) is 7.07. The van der Waals surface area contributed by atoms with Crippen LogP contribution in [0, 0.1) is 0 Å². The molecular formula is C17H18O4. The van der Waals surface area contributed by atoms with E-state index in [9.17, 15) is 5.11 Å². The first-order chi connectivity index (χ1) is 10.3. The standard InChI is InChI=1S/C17H18O4/c1-2-14(17(18)12-6-4-3-5-7-12)21-13-8-9-15-16(10-13)20-11-19-15/h3-10,14,17-18H,2,11H2,1H3. The summed E-state index contributed by atoms with van der Waals surface area (Å²) in [5.41, 5.74) is 0.852. The Bertz CT molecular complexity index is 597. The summed E-state index contributed by atoms with van der Waals surface area (Å²) in [6, 6.07) is 15.0. The molecule has 4 nitrogen and oxygen atoms in total. The molecule has 0 radical (unpaired) electrons. The number of aliphatic hydroxyl groups is 1. The highest BCUT2D eigenvalue weighted by Crippen LogP contribution is 2.36. The summed E-state index contributed by atoms with van der Waals surface area (Å²) in [7, 11) is 0. The van der Waals surface area contributed by atoms with Crippen molar-refractivity contribution in [2.45, 2.75) is 25.6 Å². The average molecular weight is 286 g/mol. The van der Waals surface area contributed by atoms with Gasteiger partial charge >= 0.3 is 0 Å². The van der Waals surface area contributed by atoms with E-state index in [2.05, 4.69) is 0 Å². The fourth-order valence-electron chi connectivity index (χ4n) is 2.36. The van der Waals surface area contributed by atoms with E-state index in [1.807, 2.05) is 49.4 Å². The molecule has 3 rings (SSSR count). The molecule has 1 aliphatic heterocycles. The van der Waals surface area contributed by atoms with Gasteiger partial charge in [-0.25, -0.2) is 0 Å². The molecule has 2 aromatic rings. The number of benzene rings is 2. The van der Waals surface area contributed by atoms with E-state index < -0.39 is 6.10 Å². The highest BCUT2D eigenvalue weighted by Gasteiger charge is 2.22. The lowest BCUT2D eigenvalue weighted by Crippen LogP contribution is -2.24. The molecule has 0 aromatic heterocycles. The summed E-state index contributed by atoms with van der Waals surface area (Å²) in [6.45, 7) is 2.23. The lowest BCUT2D eigenvalue weighted by molar-refractivity contribution is 0.0331. The Balaban J connectivity index is 1.75. The molecular weight excluding hydrogens is 268 g/mol. The summed E-state index contributed by atoms with van der Waals surface area (Å²) in [5, 5.41) is 10.5. The number of ether oxygens (including phenoxy) is 3. The molecule has 4 heteroatoms. The highest BCUT2D eigenvalue weighted by molar-refractivity contribution is 5.47. The predicted molar refractivity (Wildman–Crippen MR) is 78.7 cm³/mol. The molecule has 1 N–H and O–H groups in total. The van der Waals surface area contributed by atoms with Gasteiger partial charge in [-0.2, -0.15) is 0 Å². The topological polar surface area (TPSA) is 47.9 Å². The predicted octanol–water partition coefficient (Wildman–Crippen LogP) is 3.31. The fraction of sp³-hybridized carbons (Fsp3) is 0.294. The van der Waals surface area contributed by atoms with Crippen LogP contribution < -0.4 is 14.2 Å². The molecule has 1 heterocycles. The summed E-state index contributed by atoms with van der Waals surface area (Å²) < 4.78 is 16.5. The fourth-order valence-corrected chi connectivity index (χ4v) is 2.36. The normalized spacial score (nSPS) is 15.5. The number of rotatable bonds is 5. The maximum absolute atomic E-state index is 10.5. The van der Waals surface area contributed by atoms with E-state index in [0.29, 0.717) is 17.9 Å². The van der Waals surface area contributed by atoms with Gasteiger partial charge in [0.25, 0.3) is 0 Å². The van der Waals surface area contributed by atoms with Gasteiger partial charge in [-0.3, -0.25) is 0 Å². The quantitative estimate of drug-likeness (QED) is 0.916. The molecule has 2 aromatic carbocycles. The first-order valence-electron chi connectivity index (χ1n) is 7.07. The molecule has 0 saturated heterocycles. The van der Waals surface area contributed by atoms with Gasteiger partial charge < -0.3 is 19.3 Å². The Morgan fingerprint density at radius 2 is 1.86 bits per heavy atom. The van der Waals surface area contributed by atoms with E-state index in [4.69, 9.17) is 14.2 Å². The zero-order valence-electron chi connectivity index (χ0n) is 11.9. The zero-order chi connectivity index (χ0) is 14.7. The summed E-state index contributed by atoms with van der Waals surface area (Å²) in [5.74, 6) is 2.07. The van der Waals surface area contributed by atoms with Crippen molar-refractivity contribution in [2.75, 3.05) is 6.79 Å². The van der Waals surface area contributed by atoms with Crippen LogP contribution in [0.25, 0.3) is 0 Å². The summed E-state index contributed by atoms with van der Waals surface area (Å²) >= 11 is 0. The number of fused-ring (bicyclic) bond motifs is 1. The highest BCUT2D eigenvalue weighted by atomic mass is 16.7. The molecule has 0 saturated carbocycles. The van der Waals surface area contributed by atoms with Crippen LogP contribution >= 0.6 is 0 Å². The largest absolute Gasteiger partial charge is 0.487 e. The number of aliphatic hydroxyl groups excluding tert-OH is 1. The molecule has 110 valence electrons.